The molecule has 0 saturated heterocycles. The van der Waals surface area contributed by atoms with Crippen molar-refractivity contribution >= 4 is 0 Å². The third kappa shape index (κ3) is 3.86. The summed E-state index contributed by atoms with van der Waals surface area (Å²) in [5.74, 6) is 3.95. The zero-order chi connectivity index (χ0) is 21.9. The fourth-order valence-corrected chi connectivity index (χ4v) is 8.52. The monoisotopic (exact) mass is 403 g/mol. The second kappa shape index (κ2) is 7.66. The number of allylic oxidation sites excluding steroid dienone is 1. The average molecular weight is 404 g/mol. The van der Waals surface area contributed by atoms with Crippen molar-refractivity contribution in [2.24, 2.45) is 40.4 Å². The lowest BCUT2D eigenvalue weighted by Gasteiger charge is -2.58. The molecule has 0 aromatic rings. The van der Waals surface area contributed by atoms with Gasteiger partial charge in [-0.15, -0.1) is 0 Å². The Kier molecular flexibility index (Phi) is 5.43. The van der Waals surface area contributed by atoms with Gasteiger partial charge in [-0.25, -0.2) is 0 Å². The molecule has 0 amide bonds. The van der Waals surface area contributed by atoms with E-state index in [1.54, 1.807) is 0 Å². The number of fused-ring (bicyclic) bond motifs is 5. The molecule has 0 spiro atoms. The van der Waals surface area contributed by atoms with Gasteiger partial charge in [0.25, 0.3) is 0 Å². The van der Waals surface area contributed by atoms with E-state index in [0.29, 0.717) is 18.3 Å². The summed E-state index contributed by atoms with van der Waals surface area (Å²) in [5.41, 5.74) is 1.55. The van der Waals surface area contributed by atoms with Crippen molar-refractivity contribution in [3.05, 3.63) is 11.6 Å². The molecule has 2 N–H and O–H groups in total. The van der Waals surface area contributed by atoms with Crippen LogP contribution in [-0.4, -0.2) is 21.9 Å². The van der Waals surface area contributed by atoms with Crippen LogP contribution in [0.2, 0.25) is 0 Å². The summed E-state index contributed by atoms with van der Waals surface area (Å²) in [6.45, 7) is 11.4. The second-order valence-corrected chi connectivity index (χ2v) is 12.4. The molecular formula is C27H46O2. The average Bonchev–Trinajstić information content (AvgIpc) is 2.98. The van der Waals surface area contributed by atoms with Gasteiger partial charge in [0.1, 0.15) is 0 Å². The molecule has 0 radical (unpaired) electrons. The highest BCUT2D eigenvalue weighted by atomic mass is 16.3. The molecule has 2 nitrogen and oxygen atoms in total. The highest BCUT2D eigenvalue weighted by Crippen LogP contribution is 2.67. The Morgan fingerprint density at radius 3 is 2.66 bits per heavy atom. The minimum Gasteiger partial charge on any atom is -0.393 e. The Balaban J connectivity index is 1.48. The molecule has 3 saturated carbocycles. The maximum absolute atomic E-state index is 10.3. The molecule has 29 heavy (non-hydrogen) atoms. The van der Waals surface area contributed by atoms with Gasteiger partial charge in [-0.05, 0) is 112 Å². The molecule has 3 fully saturated rings. The van der Waals surface area contributed by atoms with Gasteiger partial charge >= 0.3 is 0 Å². The SMILES string of the molecule is [2H][C@]1(O)CC[C@@]2(C)C(=CC[C@H]3[C@@H]4CC[C@H]([C@H](C)CCCC(C)(C)O)[C@@]4(C)CC[C@@H]32)C1. The summed E-state index contributed by atoms with van der Waals surface area (Å²) in [6.07, 6.45) is 13.3. The highest BCUT2D eigenvalue weighted by Gasteiger charge is 2.59. The van der Waals surface area contributed by atoms with Gasteiger partial charge in [0.2, 0.25) is 0 Å². The molecule has 8 atom stereocenters. The number of aliphatic hydroxyl groups is 2. The fraction of sp³-hybridized carbons (Fsp3) is 0.926. The van der Waals surface area contributed by atoms with Crippen molar-refractivity contribution in [3.63, 3.8) is 0 Å². The van der Waals surface area contributed by atoms with Gasteiger partial charge in [-0.3, -0.25) is 0 Å². The molecule has 0 aromatic heterocycles. The van der Waals surface area contributed by atoms with Crippen molar-refractivity contribution in [2.45, 2.75) is 117 Å². The van der Waals surface area contributed by atoms with Crippen LogP contribution in [0.1, 0.15) is 107 Å². The van der Waals surface area contributed by atoms with E-state index < -0.39 is 11.7 Å². The fourth-order valence-electron chi connectivity index (χ4n) is 8.52. The zero-order valence-electron chi connectivity index (χ0n) is 20.6. The molecule has 0 aromatic carbocycles. The van der Waals surface area contributed by atoms with Crippen LogP contribution in [-0.2, 0) is 0 Å². The van der Waals surface area contributed by atoms with Crippen LogP contribution >= 0.6 is 0 Å². The van der Waals surface area contributed by atoms with Crippen molar-refractivity contribution in [3.8, 4) is 0 Å². The first-order valence-electron chi connectivity index (χ1n) is 13.0. The molecule has 166 valence electrons. The first kappa shape index (κ1) is 20.6. The molecule has 4 aliphatic carbocycles. The normalized spacial score (nSPS) is 48.8. The van der Waals surface area contributed by atoms with Gasteiger partial charge in [0, 0.05) is 0 Å². The first-order valence-corrected chi connectivity index (χ1v) is 12.5. The Labute approximate surface area is 181 Å². The Bertz CT molecular complexity index is 677. The minimum absolute atomic E-state index is 0.216. The molecule has 4 aliphatic rings. The summed E-state index contributed by atoms with van der Waals surface area (Å²) in [5, 5.41) is 20.4. The van der Waals surface area contributed by atoms with Crippen LogP contribution in [0, 0.1) is 40.4 Å². The minimum atomic E-state index is -1.24. The van der Waals surface area contributed by atoms with E-state index in [-0.39, 0.29) is 5.41 Å². The second-order valence-electron chi connectivity index (χ2n) is 12.4. The maximum Gasteiger partial charge on any atom is 0.0604 e. The van der Waals surface area contributed by atoms with E-state index in [1.165, 1.54) is 44.1 Å². The summed E-state index contributed by atoms with van der Waals surface area (Å²) in [6, 6.07) is 0. The summed E-state index contributed by atoms with van der Waals surface area (Å²) < 4.78 is 8.18. The largest absolute Gasteiger partial charge is 0.393 e. The lowest BCUT2D eigenvalue weighted by molar-refractivity contribution is -0.0575. The molecule has 0 unspecified atom stereocenters. The Morgan fingerprint density at radius 2 is 1.93 bits per heavy atom. The third-order valence-electron chi connectivity index (χ3n) is 10.2. The Morgan fingerprint density at radius 1 is 1.17 bits per heavy atom. The number of hydrogen-bond donors (Lipinski definition) is 2. The summed E-state index contributed by atoms with van der Waals surface area (Å²) in [7, 11) is 0. The smallest absolute Gasteiger partial charge is 0.0604 e. The van der Waals surface area contributed by atoms with Crippen LogP contribution in [0.5, 0.6) is 0 Å². The Hall–Kier alpha value is -0.340. The van der Waals surface area contributed by atoms with Crippen molar-refractivity contribution < 1.29 is 11.6 Å². The van der Waals surface area contributed by atoms with Gasteiger partial charge in [-0.1, -0.05) is 45.3 Å². The lowest BCUT2D eigenvalue weighted by Crippen LogP contribution is -2.50. The molecule has 2 heteroatoms. The van der Waals surface area contributed by atoms with Crippen LogP contribution in [0.25, 0.3) is 0 Å². The molecule has 0 aliphatic heterocycles. The highest BCUT2D eigenvalue weighted by molar-refractivity contribution is 5.25. The van der Waals surface area contributed by atoms with E-state index in [4.69, 9.17) is 1.37 Å². The lowest BCUT2D eigenvalue weighted by atomic mass is 9.47. The van der Waals surface area contributed by atoms with Crippen LogP contribution < -0.4 is 0 Å². The van der Waals surface area contributed by atoms with Gasteiger partial charge < -0.3 is 10.2 Å². The first-order chi connectivity index (χ1) is 13.9. The molecular weight excluding hydrogens is 356 g/mol. The van der Waals surface area contributed by atoms with E-state index in [0.717, 1.165) is 48.9 Å². The third-order valence-corrected chi connectivity index (χ3v) is 10.2. The topological polar surface area (TPSA) is 40.5 Å². The maximum atomic E-state index is 10.3. The van der Waals surface area contributed by atoms with Gasteiger partial charge in [-0.2, -0.15) is 0 Å². The van der Waals surface area contributed by atoms with Crippen molar-refractivity contribution in [1.29, 1.82) is 0 Å². The summed E-state index contributed by atoms with van der Waals surface area (Å²) >= 11 is 0. The van der Waals surface area contributed by atoms with E-state index >= 15 is 0 Å². The van der Waals surface area contributed by atoms with Crippen molar-refractivity contribution in [2.75, 3.05) is 0 Å². The van der Waals surface area contributed by atoms with Crippen LogP contribution in [0.4, 0.5) is 0 Å². The van der Waals surface area contributed by atoms with E-state index in [9.17, 15) is 10.2 Å². The number of rotatable bonds is 5. The standard InChI is InChI=1S/C27H46O2/c1-18(7-6-14-25(2,3)29)22-10-11-23-21-9-8-19-17-20(28)12-15-26(19,4)24(21)13-16-27(22,23)5/h8,18,20-24,28-29H,6-7,9-17H2,1-5H3/t18-,20+,21+,22-,23+,24+,26+,27-/m1/s1/i20D. The predicted octanol–water partition coefficient (Wildman–Crippen LogP) is 6.50. The zero-order valence-corrected chi connectivity index (χ0v) is 19.6. The quantitative estimate of drug-likeness (QED) is 0.514. The van der Waals surface area contributed by atoms with E-state index in [1.807, 2.05) is 13.8 Å². The van der Waals surface area contributed by atoms with Crippen LogP contribution in [0.15, 0.2) is 11.6 Å². The van der Waals surface area contributed by atoms with E-state index in [2.05, 4.69) is 26.8 Å². The summed E-state index contributed by atoms with van der Waals surface area (Å²) in [4.78, 5) is 0. The van der Waals surface area contributed by atoms with Crippen LogP contribution in [0.3, 0.4) is 0 Å². The van der Waals surface area contributed by atoms with Gasteiger partial charge in [0.15, 0.2) is 0 Å². The number of hydrogen-bond acceptors (Lipinski definition) is 2. The predicted molar refractivity (Wildman–Crippen MR) is 121 cm³/mol. The molecule has 0 heterocycles. The molecule has 4 rings (SSSR count). The molecule has 0 bridgehead atoms. The van der Waals surface area contributed by atoms with Gasteiger partial charge in [0.05, 0.1) is 13.1 Å². The van der Waals surface area contributed by atoms with Crippen molar-refractivity contribution in [1.82, 2.24) is 0 Å².